The second-order valence-electron chi connectivity index (χ2n) is 3.80. The first kappa shape index (κ1) is 10.6. The minimum atomic E-state index is -0.124. The lowest BCUT2D eigenvalue weighted by molar-refractivity contribution is 0.0338. The minimum absolute atomic E-state index is 0.124. The maximum atomic E-state index is 11.0. The molecule has 1 aliphatic heterocycles. The van der Waals surface area contributed by atoms with Crippen LogP contribution in [0.3, 0.4) is 0 Å². The van der Waals surface area contributed by atoms with E-state index < -0.39 is 0 Å². The number of morpholine rings is 1. The molecule has 81 valence electrons. The third-order valence-corrected chi connectivity index (χ3v) is 2.77. The molecule has 1 aromatic carbocycles. The molecule has 0 atom stereocenters. The number of hydrogen-bond acceptors (Lipinski definition) is 2. The molecule has 2 rings (SSSR count). The molecule has 0 aliphatic carbocycles. The van der Waals surface area contributed by atoms with E-state index in [1.54, 1.807) is 0 Å². The molecule has 0 N–H and O–H groups in total. The average Bonchev–Trinajstić information content (AvgIpc) is 2.31. The van der Waals surface area contributed by atoms with Crippen molar-refractivity contribution >= 4 is 0 Å². The van der Waals surface area contributed by atoms with Crippen molar-refractivity contribution in [3.05, 3.63) is 35.4 Å². The predicted octanol–water partition coefficient (Wildman–Crippen LogP) is 1.45. The number of nitrogens with zero attached hydrogens (tertiary/aromatic N) is 1. The highest BCUT2D eigenvalue weighted by atomic mass is 16.5. The van der Waals surface area contributed by atoms with E-state index in [9.17, 15) is 5.11 Å². The highest BCUT2D eigenvalue weighted by molar-refractivity contribution is 5.26. The molecule has 1 saturated heterocycles. The summed E-state index contributed by atoms with van der Waals surface area (Å²) >= 11 is 0. The molecule has 1 heterocycles. The maximum absolute atomic E-state index is 11.0. The third-order valence-electron chi connectivity index (χ3n) is 2.77. The smallest absolute Gasteiger partial charge is 0.108 e. The van der Waals surface area contributed by atoms with Gasteiger partial charge in [-0.25, -0.2) is 5.11 Å². The van der Waals surface area contributed by atoms with Crippen LogP contribution in [0.1, 0.15) is 11.1 Å². The molecule has 1 aliphatic rings. The van der Waals surface area contributed by atoms with Crippen LogP contribution in [0.15, 0.2) is 24.3 Å². The fraction of sp³-hybridized carbons (Fsp3) is 0.500. The van der Waals surface area contributed by atoms with Crippen LogP contribution in [0.5, 0.6) is 0 Å². The Morgan fingerprint density at radius 2 is 1.80 bits per heavy atom. The molecule has 3 heteroatoms. The lowest BCUT2D eigenvalue weighted by Crippen LogP contribution is -2.35. The second kappa shape index (κ2) is 5.26. The lowest BCUT2D eigenvalue weighted by atomic mass is 10.1. The van der Waals surface area contributed by atoms with Gasteiger partial charge in [-0.3, -0.25) is 4.90 Å². The number of hydrogen-bond donors (Lipinski definition) is 0. The summed E-state index contributed by atoms with van der Waals surface area (Å²) in [6.45, 7) is 4.29. The molecule has 0 aromatic heterocycles. The molecule has 0 bridgehead atoms. The summed E-state index contributed by atoms with van der Waals surface area (Å²) in [5, 5.41) is 11.0. The zero-order valence-electron chi connectivity index (χ0n) is 8.82. The van der Waals surface area contributed by atoms with Crippen LogP contribution >= 0.6 is 0 Å². The Morgan fingerprint density at radius 3 is 2.47 bits per heavy atom. The first-order valence-corrected chi connectivity index (χ1v) is 5.35. The fourth-order valence-corrected chi connectivity index (χ4v) is 1.85. The monoisotopic (exact) mass is 206 g/mol. The van der Waals surface area contributed by atoms with Gasteiger partial charge in [-0.2, -0.15) is 0 Å². The van der Waals surface area contributed by atoms with Crippen molar-refractivity contribution in [1.82, 2.24) is 4.90 Å². The quantitative estimate of drug-likeness (QED) is 0.749. The molecule has 0 saturated carbocycles. The van der Waals surface area contributed by atoms with Gasteiger partial charge in [-0.1, -0.05) is 24.3 Å². The fourth-order valence-electron chi connectivity index (χ4n) is 1.85. The van der Waals surface area contributed by atoms with Crippen LogP contribution in [0.2, 0.25) is 0 Å². The van der Waals surface area contributed by atoms with Crippen molar-refractivity contribution < 1.29 is 9.84 Å². The van der Waals surface area contributed by atoms with Gasteiger partial charge in [-0.05, 0) is 11.1 Å². The van der Waals surface area contributed by atoms with Gasteiger partial charge < -0.3 is 4.74 Å². The van der Waals surface area contributed by atoms with Crippen LogP contribution in [0, 0.1) is 0 Å². The van der Waals surface area contributed by atoms with Gasteiger partial charge in [0.25, 0.3) is 0 Å². The summed E-state index contributed by atoms with van der Waals surface area (Å²) in [5.41, 5.74) is 2.08. The number of benzene rings is 1. The number of rotatable bonds is 3. The Bertz CT molecular complexity index is 308. The molecule has 0 spiro atoms. The Kier molecular flexibility index (Phi) is 3.72. The first-order chi connectivity index (χ1) is 7.40. The minimum Gasteiger partial charge on any atom is -0.379 e. The van der Waals surface area contributed by atoms with Gasteiger partial charge in [0, 0.05) is 19.6 Å². The van der Waals surface area contributed by atoms with Crippen molar-refractivity contribution in [2.75, 3.05) is 26.3 Å². The third kappa shape index (κ3) is 2.78. The normalized spacial score (nSPS) is 17.9. The molecule has 0 amide bonds. The number of ether oxygens (including phenoxy) is 1. The van der Waals surface area contributed by atoms with E-state index in [2.05, 4.69) is 4.90 Å². The maximum Gasteiger partial charge on any atom is 0.108 e. The summed E-state index contributed by atoms with van der Waals surface area (Å²) in [6, 6.07) is 7.89. The van der Waals surface area contributed by atoms with Crippen molar-refractivity contribution in [2.45, 2.75) is 13.2 Å². The van der Waals surface area contributed by atoms with E-state index in [1.807, 2.05) is 24.3 Å². The first-order valence-electron chi connectivity index (χ1n) is 5.35. The summed E-state index contributed by atoms with van der Waals surface area (Å²) in [6.07, 6.45) is 0. The molecule has 3 nitrogen and oxygen atoms in total. The Morgan fingerprint density at radius 1 is 1.13 bits per heavy atom. The summed E-state index contributed by atoms with van der Waals surface area (Å²) < 4.78 is 5.29. The molecule has 0 unspecified atom stereocenters. The largest absolute Gasteiger partial charge is 0.379 e. The highest BCUT2D eigenvalue weighted by Crippen LogP contribution is 2.12. The van der Waals surface area contributed by atoms with Crippen LogP contribution in [-0.4, -0.2) is 31.2 Å². The van der Waals surface area contributed by atoms with Crippen LogP contribution in [0.25, 0.3) is 0 Å². The van der Waals surface area contributed by atoms with E-state index in [4.69, 9.17) is 4.74 Å². The van der Waals surface area contributed by atoms with Crippen molar-refractivity contribution in [1.29, 1.82) is 0 Å². The Hall–Kier alpha value is -0.900. The standard InChI is InChI=1S/C12H16NO2/c14-10-12-4-2-1-3-11(12)9-13-5-7-15-8-6-13/h1-4H,5-10H2. The molecular weight excluding hydrogens is 190 g/mol. The Labute approximate surface area is 90.3 Å². The SMILES string of the molecule is [O]Cc1ccccc1CN1CCOCC1. The topological polar surface area (TPSA) is 32.4 Å². The molecular formula is C12H16NO2. The zero-order chi connectivity index (χ0) is 10.5. The molecule has 15 heavy (non-hydrogen) atoms. The summed E-state index contributed by atoms with van der Waals surface area (Å²) in [4.78, 5) is 2.33. The van der Waals surface area contributed by atoms with Gasteiger partial charge in [0.2, 0.25) is 0 Å². The van der Waals surface area contributed by atoms with Gasteiger partial charge in [0.1, 0.15) is 6.61 Å². The van der Waals surface area contributed by atoms with Crippen molar-refractivity contribution in [3.63, 3.8) is 0 Å². The van der Waals surface area contributed by atoms with E-state index in [0.29, 0.717) is 0 Å². The van der Waals surface area contributed by atoms with E-state index in [0.717, 1.165) is 44.0 Å². The zero-order valence-corrected chi connectivity index (χ0v) is 8.82. The summed E-state index contributed by atoms with van der Waals surface area (Å²) in [5.74, 6) is 0. The van der Waals surface area contributed by atoms with Crippen LogP contribution in [0.4, 0.5) is 0 Å². The van der Waals surface area contributed by atoms with E-state index in [1.165, 1.54) is 0 Å². The molecule has 1 aromatic rings. The van der Waals surface area contributed by atoms with E-state index >= 15 is 0 Å². The van der Waals surface area contributed by atoms with Gasteiger partial charge in [0.05, 0.1) is 13.2 Å². The predicted molar refractivity (Wildman–Crippen MR) is 56.9 cm³/mol. The van der Waals surface area contributed by atoms with Gasteiger partial charge in [-0.15, -0.1) is 0 Å². The second-order valence-corrected chi connectivity index (χ2v) is 3.80. The summed E-state index contributed by atoms with van der Waals surface area (Å²) in [7, 11) is 0. The van der Waals surface area contributed by atoms with Crippen molar-refractivity contribution in [2.24, 2.45) is 0 Å². The molecule has 1 fully saturated rings. The van der Waals surface area contributed by atoms with Crippen molar-refractivity contribution in [3.8, 4) is 0 Å². The molecule has 1 radical (unpaired) electrons. The van der Waals surface area contributed by atoms with Crippen LogP contribution < -0.4 is 0 Å². The average molecular weight is 206 g/mol. The van der Waals surface area contributed by atoms with Gasteiger partial charge in [0.15, 0.2) is 0 Å². The van der Waals surface area contributed by atoms with Gasteiger partial charge >= 0.3 is 0 Å². The lowest BCUT2D eigenvalue weighted by Gasteiger charge is -2.27. The Balaban J connectivity index is 2.02. The van der Waals surface area contributed by atoms with Crippen LogP contribution in [-0.2, 0) is 23.0 Å². The highest BCUT2D eigenvalue weighted by Gasteiger charge is 2.12. The van der Waals surface area contributed by atoms with E-state index in [-0.39, 0.29) is 6.61 Å².